The molecule has 0 bridgehead atoms. The van der Waals surface area contributed by atoms with Crippen LogP contribution in [0.2, 0.25) is 0 Å². The third-order valence-electron chi connectivity index (χ3n) is 3.24. The van der Waals surface area contributed by atoms with Crippen molar-refractivity contribution in [1.29, 1.82) is 0 Å². The number of nitrogens with one attached hydrogen (secondary N) is 1. The first-order valence-corrected chi connectivity index (χ1v) is 7.98. The minimum absolute atomic E-state index is 0.193. The fourth-order valence-corrected chi connectivity index (χ4v) is 3.23. The normalized spacial score (nSPS) is 27.4. The molecule has 3 unspecified atom stereocenters. The summed E-state index contributed by atoms with van der Waals surface area (Å²) >= 11 is 1.95. The van der Waals surface area contributed by atoms with E-state index in [1.807, 2.05) is 25.6 Å². The van der Waals surface area contributed by atoms with Gasteiger partial charge in [-0.3, -0.25) is 0 Å². The molecule has 1 aliphatic carbocycles. The van der Waals surface area contributed by atoms with Gasteiger partial charge in [0.1, 0.15) is 0 Å². The number of ether oxygens (including phenoxy) is 1. The van der Waals surface area contributed by atoms with Crippen LogP contribution in [0, 0.1) is 0 Å². The summed E-state index contributed by atoms with van der Waals surface area (Å²) < 4.78 is 5.40. The van der Waals surface area contributed by atoms with E-state index in [9.17, 15) is 5.11 Å². The first-order chi connectivity index (χ1) is 8.13. The highest BCUT2D eigenvalue weighted by molar-refractivity contribution is 7.99. The van der Waals surface area contributed by atoms with Gasteiger partial charge in [-0.2, -0.15) is 11.8 Å². The average Bonchev–Trinajstić information content (AvgIpc) is 2.34. The largest absolute Gasteiger partial charge is 0.389 e. The van der Waals surface area contributed by atoms with Gasteiger partial charge in [-0.1, -0.05) is 12.8 Å². The Labute approximate surface area is 110 Å². The molecule has 4 heteroatoms. The SMILES string of the molecule is CSC1CCCCC1NCC(O)COC(C)C. The van der Waals surface area contributed by atoms with Gasteiger partial charge in [0.05, 0.1) is 18.8 Å². The molecule has 0 aromatic heterocycles. The van der Waals surface area contributed by atoms with Gasteiger partial charge in [-0.05, 0) is 32.9 Å². The van der Waals surface area contributed by atoms with E-state index in [2.05, 4.69) is 11.6 Å². The van der Waals surface area contributed by atoms with Crippen molar-refractivity contribution < 1.29 is 9.84 Å². The van der Waals surface area contributed by atoms with Crippen molar-refractivity contribution in [3.8, 4) is 0 Å². The zero-order chi connectivity index (χ0) is 12.7. The molecule has 102 valence electrons. The van der Waals surface area contributed by atoms with E-state index in [0.29, 0.717) is 24.4 Å². The van der Waals surface area contributed by atoms with Crippen LogP contribution in [0.3, 0.4) is 0 Å². The van der Waals surface area contributed by atoms with Gasteiger partial charge in [0, 0.05) is 17.8 Å². The Bertz CT molecular complexity index is 202. The van der Waals surface area contributed by atoms with Gasteiger partial charge >= 0.3 is 0 Å². The second kappa shape index (κ2) is 8.35. The number of thioether (sulfide) groups is 1. The zero-order valence-corrected chi connectivity index (χ0v) is 12.1. The summed E-state index contributed by atoms with van der Waals surface area (Å²) in [5, 5.41) is 14.0. The molecule has 0 spiro atoms. The Morgan fingerprint density at radius 1 is 1.35 bits per heavy atom. The average molecular weight is 261 g/mol. The van der Waals surface area contributed by atoms with E-state index < -0.39 is 0 Å². The maximum absolute atomic E-state index is 9.79. The predicted octanol–water partition coefficient (Wildman–Crippen LogP) is 2.04. The Balaban J connectivity index is 2.19. The van der Waals surface area contributed by atoms with Crippen LogP contribution >= 0.6 is 11.8 Å². The van der Waals surface area contributed by atoms with Crippen LogP contribution in [0.15, 0.2) is 0 Å². The van der Waals surface area contributed by atoms with Crippen LogP contribution in [0.25, 0.3) is 0 Å². The van der Waals surface area contributed by atoms with Crippen molar-refractivity contribution in [3.63, 3.8) is 0 Å². The van der Waals surface area contributed by atoms with E-state index in [1.165, 1.54) is 25.7 Å². The monoisotopic (exact) mass is 261 g/mol. The van der Waals surface area contributed by atoms with Gasteiger partial charge in [-0.25, -0.2) is 0 Å². The molecule has 0 amide bonds. The van der Waals surface area contributed by atoms with E-state index in [0.717, 1.165) is 0 Å². The first-order valence-electron chi connectivity index (χ1n) is 6.69. The van der Waals surface area contributed by atoms with Gasteiger partial charge < -0.3 is 15.2 Å². The third-order valence-corrected chi connectivity index (χ3v) is 4.41. The molecule has 17 heavy (non-hydrogen) atoms. The summed E-state index contributed by atoms with van der Waals surface area (Å²) in [6.45, 7) is 5.06. The highest BCUT2D eigenvalue weighted by Gasteiger charge is 2.24. The summed E-state index contributed by atoms with van der Waals surface area (Å²) in [5.74, 6) is 0. The first kappa shape index (κ1) is 15.3. The van der Waals surface area contributed by atoms with Crippen LogP contribution in [0.4, 0.5) is 0 Å². The molecular formula is C13H27NO2S. The fourth-order valence-electron chi connectivity index (χ4n) is 2.26. The highest BCUT2D eigenvalue weighted by atomic mass is 32.2. The maximum atomic E-state index is 9.79. The van der Waals surface area contributed by atoms with E-state index in [-0.39, 0.29) is 12.2 Å². The predicted molar refractivity (Wildman–Crippen MR) is 74.7 cm³/mol. The quantitative estimate of drug-likeness (QED) is 0.736. The summed E-state index contributed by atoms with van der Waals surface area (Å²) in [5.41, 5.74) is 0. The molecule has 0 radical (unpaired) electrons. The van der Waals surface area contributed by atoms with Crippen molar-refractivity contribution >= 4 is 11.8 Å². The summed E-state index contributed by atoms with van der Waals surface area (Å²) in [4.78, 5) is 0. The lowest BCUT2D eigenvalue weighted by molar-refractivity contribution is 0.00513. The molecular weight excluding hydrogens is 234 g/mol. The Hall–Kier alpha value is 0.230. The summed E-state index contributed by atoms with van der Waals surface area (Å²) in [6.07, 6.45) is 7.19. The van der Waals surface area contributed by atoms with Gasteiger partial charge in [0.25, 0.3) is 0 Å². The molecule has 3 nitrogen and oxygen atoms in total. The summed E-state index contributed by atoms with van der Waals surface area (Å²) in [7, 11) is 0. The van der Waals surface area contributed by atoms with E-state index in [1.54, 1.807) is 0 Å². The molecule has 0 aromatic rings. The minimum atomic E-state index is -0.387. The minimum Gasteiger partial charge on any atom is -0.389 e. The van der Waals surface area contributed by atoms with Crippen LogP contribution in [-0.4, -0.2) is 48.0 Å². The Morgan fingerprint density at radius 3 is 2.71 bits per heavy atom. The van der Waals surface area contributed by atoms with Crippen LogP contribution in [0.1, 0.15) is 39.5 Å². The van der Waals surface area contributed by atoms with Crippen LogP contribution in [-0.2, 0) is 4.74 Å². The van der Waals surface area contributed by atoms with Crippen LogP contribution in [0.5, 0.6) is 0 Å². The molecule has 2 N–H and O–H groups in total. The van der Waals surface area contributed by atoms with Crippen molar-refractivity contribution in [3.05, 3.63) is 0 Å². The summed E-state index contributed by atoms with van der Waals surface area (Å²) in [6, 6.07) is 0.562. The molecule has 0 aliphatic heterocycles. The Morgan fingerprint density at radius 2 is 2.06 bits per heavy atom. The van der Waals surface area contributed by atoms with Crippen molar-refractivity contribution in [2.24, 2.45) is 0 Å². The van der Waals surface area contributed by atoms with Crippen LogP contribution < -0.4 is 5.32 Å². The number of rotatable bonds is 7. The second-order valence-electron chi connectivity index (χ2n) is 5.11. The maximum Gasteiger partial charge on any atom is 0.0897 e. The molecule has 0 saturated heterocycles. The molecule has 3 atom stereocenters. The van der Waals surface area contributed by atoms with Gasteiger partial charge in [0.2, 0.25) is 0 Å². The number of hydrogen-bond acceptors (Lipinski definition) is 4. The molecule has 1 fully saturated rings. The van der Waals surface area contributed by atoms with Crippen molar-refractivity contribution in [2.75, 3.05) is 19.4 Å². The van der Waals surface area contributed by atoms with Gasteiger partial charge in [-0.15, -0.1) is 0 Å². The number of aliphatic hydroxyl groups is 1. The van der Waals surface area contributed by atoms with E-state index in [4.69, 9.17) is 4.74 Å². The second-order valence-corrected chi connectivity index (χ2v) is 6.19. The lowest BCUT2D eigenvalue weighted by Gasteiger charge is -2.31. The zero-order valence-electron chi connectivity index (χ0n) is 11.3. The molecule has 0 aromatic carbocycles. The lowest BCUT2D eigenvalue weighted by Crippen LogP contribution is -2.44. The lowest BCUT2D eigenvalue weighted by atomic mass is 9.95. The number of aliphatic hydroxyl groups excluding tert-OH is 1. The van der Waals surface area contributed by atoms with Gasteiger partial charge in [0.15, 0.2) is 0 Å². The molecule has 1 aliphatic rings. The topological polar surface area (TPSA) is 41.5 Å². The van der Waals surface area contributed by atoms with Crippen molar-refractivity contribution in [2.45, 2.75) is 63.0 Å². The van der Waals surface area contributed by atoms with Crippen molar-refractivity contribution in [1.82, 2.24) is 5.32 Å². The Kier molecular flexibility index (Phi) is 7.51. The molecule has 1 rings (SSSR count). The molecule has 1 saturated carbocycles. The third kappa shape index (κ3) is 6.09. The fraction of sp³-hybridized carbons (Fsp3) is 1.00. The standard InChI is InChI=1S/C13H27NO2S/c1-10(2)16-9-11(15)8-14-12-6-4-5-7-13(12)17-3/h10-15H,4-9H2,1-3H3. The smallest absolute Gasteiger partial charge is 0.0897 e. The molecule has 0 heterocycles. The highest BCUT2D eigenvalue weighted by Crippen LogP contribution is 2.26. The van der Waals surface area contributed by atoms with E-state index >= 15 is 0 Å². The number of hydrogen-bond donors (Lipinski definition) is 2.